The maximum atomic E-state index is 13.8. The molecule has 6 nitrogen and oxygen atoms in total. The molecule has 1 aromatic carbocycles. The molecule has 0 spiro atoms. The first kappa shape index (κ1) is 18.1. The van der Waals surface area contributed by atoms with Gasteiger partial charge in [-0.2, -0.15) is 0 Å². The number of rotatable bonds is 4. The normalized spacial score (nSPS) is 14.5. The van der Waals surface area contributed by atoms with Crippen LogP contribution in [0, 0.1) is 11.6 Å². The zero-order chi connectivity index (χ0) is 18.8. The molecule has 2 aromatic rings. The van der Waals surface area contributed by atoms with E-state index in [4.69, 9.17) is 11.6 Å². The Morgan fingerprint density at radius 3 is 2.88 bits per heavy atom. The van der Waals surface area contributed by atoms with Crippen molar-refractivity contribution in [3.8, 4) is 0 Å². The van der Waals surface area contributed by atoms with E-state index in [1.54, 1.807) is 19.1 Å². The van der Waals surface area contributed by atoms with Gasteiger partial charge in [0.2, 0.25) is 5.91 Å². The summed E-state index contributed by atoms with van der Waals surface area (Å²) < 4.78 is 26.8. The molecular weight excluding hydrogens is 366 g/mol. The Bertz CT molecular complexity index is 878. The van der Waals surface area contributed by atoms with Crippen LogP contribution in [0.3, 0.4) is 0 Å². The first-order valence-corrected chi connectivity index (χ1v) is 8.17. The molecule has 0 saturated heterocycles. The van der Waals surface area contributed by atoms with E-state index in [0.717, 1.165) is 12.1 Å². The van der Waals surface area contributed by atoms with Crippen molar-refractivity contribution in [3.05, 3.63) is 58.4 Å². The monoisotopic (exact) mass is 380 g/mol. The zero-order valence-corrected chi connectivity index (χ0v) is 14.5. The molecule has 0 fully saturated rings. The van der Waals surface area contributed by atoms with Crippen LogP contribution in [0.1, 0.15) is 24.2 Å². The molecule has 2 N–H and O–H groups in total. The molecule has 2 heterocycles. The van der Waals surface area contributed by atoms with Crippen molar-refractivity contribution >= 4 is 29.2 Å². The molecule has 1 aliphatic rings. The number of amides is 3. The third-order valence-corrected chi connectivity index (χ3v) is 4.16. The van der Waals surface area contributed by atoms with Gasteiger partial charge in [-0.15, -0.1) is 0 Å². The second-order valence-electron chi connectivity index (χ2n) is 5.87. The summed E-state index contributed by atoms with van der Waals surface area (Å²) in [5.41, 5.74) is 1.24. The Hall–Kier alpha value is -2.74. The number of benzene rings is 1. The first-order valence-electron chi connectivity index (χ1n) is 7.79. The van der Waals surface area contributed by atoms with E-state index in [1.165, 1.54) is 11.0 Å². The number of halogens is 3. The Balaban J connectivity index is 1.65. The summed E-state index contributed by atoms with van der Waals surface area (Å²) in [7, 11) is 0. The van der Waals surface area contributed by atoms with Crippen molar-refractivity contribution in [2.45, 2.75) is 19.5 Å². The SMILES string of the molecule is CC(NC(=O)CN1Cc2nc(Cl)ccc2NC1=O)c1ccc(F)cc1F. The van der Waals surface area contributed by atoms with E-state index < -0.39 is 29.6 Å². The molecule has 3 amide bonds. The minimum atomic E-state index is -0.749. The summed E-state index contributed by atoms with van der Waals surface area (Å²) in [5.74, 6) is -1.93. The Morgan fingerprint density at radius 1 is 1.38 bits per heavy atom. The number of nitrogens with one attached hydrogen (secondary N) is 2. The smallest absolute Gasteiger partial charge is 0.322 e. The van der Waals surface area contributed by atoms with Crippen molar-refractivity contribution in [2.24, 2.45) is 0 Å². The zero-order valence-electron chi connectivity index (χ0n) is 13.7. The van der Waals surface area contributed by atoms with Crippen molar-refractivity contribution in [1.29, 1.82) is 0 Å². The summed E-state index contributed by atoms with van der Waals surface area (Å²) in [5, 5.41) is 5.50. The van der Waals surface area contributed by atoms with Gasteiger partial charge in [-0.1, -0.05) is 17.7 Å². The molecule has 1 aromatic heterocycles. The predicted molar refractivity (Wildman–Crippen MR) is 91.6 cm³/mol. The first-order chi connectivity index (χ1) is 12.3. The van der Waals surface area contributed by atoms with E-state index in [9.17, 15) is 18.4 Å². The maximum Gasteiger partial charge on any atom is 0.322 e. The fourth-order valence-electron chi connectivity index (χ4n) is 2.67. The van der Waals surface area contributed by atoms with Crippen LogP contribution >= 0.6 is 11.6 Å². The number of aromatic nitrogens is 1. The largest absolute Gasteiger partial charge is 0.348 e. The van der Waals surface area contributed by atoms with Crippen LogP contribution < -0.4 is 10.6 Å². The molecule has 0 saturated carbocycles. The fourth-order valence-corrected chi connectivity index (χ4v) is 2.84. The molecular formula is C17H15ClF2N4O2. The van der Waals surface area contributed by atoms with E-state index in [2.05, 4.69) is 15.6 Å². The van der Waals surface area contributed by atoms with E-state index in [0.29, 0.717) is 11.4 Å². The molecule has 136 valence electrons. The minimum Gasteiger partial charge on any atom is -0.348 e. The number of pyridine rings is 1. The van der Waals surface area contributed by atoms with Crippen LogP contribution in [0.4, 0.5) is 19.3 Å². The highest BCUT2D eigenvalue weighted by molar-refractivity contribution is 6.29. The van der Waals surface area contributed by atoms with Gasteiger partial charge in [0.1, 0.15) is 23.3 Å². The average Bonchev–Trinajstić information content (AvgIpc) is 2.55. The summed E-state index contributed by atoms with van der Waals surface area (Å²) in [6, 6.07) is 5.20. The number of urea groups is 1. The fraction of sp³-hybridized carbons (Fsp3) is 0.235. The van der Waals surface area contributed by atoms with Gasteiger partial charge < -0.3 is 15.5 Å². The lowest BCUT2D eigenvalue weighted by Gasteiger charge is -2.28. The second kappa shape index (κ2) is 7.25. The van der Waals surface area contributed by atoms with Gasteiger partial charge in [-0.05, 0) is 25.1 Å². The van der Waals surface area contributed by atoms with Crippen LogP contribution in [0.25, 0.3) is 0 Å². The van der Waals surface area contributed by atoms with Gasteiger partial charge in [0.25, 0.3) is 0 Å². The molecule has 26 heavy (non-hydrogen) atoms. The highest BCUT2D eigenvalue weighted by atomic mass is 35.5. The Morgan fingerprint density at radius 2 is 2.15 bits per heavy atom. The number of hydrogen-bond acceptors (Lipinski definition) is 3. The molecule has 1 unspecified atom stereocenters. The van der Waals surface area contributed by atoms with E-state index in [1.807, 2.05) is 0 Å². The van der Waals surface area contributed by atoms with Gasteiger partial charge in [0.05, 0.1) is 24.0 Å². The third-order valence-electron chi connectivity index (χ3n) is 3.95. The molecule has 0 aliphatic carbocycles. The van der Waals surface area contributed by atoms with Crippen LogP contribution in [0.15, 0.2) is 30.3 Å². The standard InChI is InChI=1S/C17H15ClF2N4O2/c1-9(11-3-2-10(19)6-12(11)20)21-16(25)8-24-7-14-13(23-17(24)26)4-5-15(18)22-14/h2-6,9H,7-8H2,1H3,(H,21,25)(H,23,26). The molecule has 9 heteroatoms. The lowest BCUT2D eigenvalue weighted by molar-refractivity contribution is -0.122. The minimum absolute atomic E-state index is 0.119. The second-order valence-corrected chi connectivity index (χ2v) is 6.26. The number of carbonyl (C=O) groups is 2. The number of hydrogen-bond donors (Lipinski definition) is 2. The lowest BCUT2D eigenvalue weighted by Crippen LogP contribution is -2.45. The van der Waals surface area contributed by atoms with Gasteiger partial charge >= 0.3 is 6.03 Å². The summed E-state index contributed by atoms with van der Waals surface area (Å²) in [6.07, 6.45) is 0. The van der Waals surface area contributed by atoms with Crippen molar-refractivity contribution in [1.82, 2.24) is 15.2 Å². The Kier molecular flexibility index (Phi) is 5.03. The molecule has 3 rings (SSSR count). The number of carbonyl (C=O) groups excluding carboxylic acids is 2. The van der Waals surface area contributed by atoms with Gasteiger partial charge in [-0.25, -0.2) is 18.6 Å². The van der Waals surface area contributed by atoms with Crippen LogP contribution in [0.5, 0.6) is 0 Å². The van der Waals surface area contributed by atoms with Gasteiger partial charge in [0.15, 0.2) is 0 Å². The predicted octanol–water partition coefficient (Wildman–Crippen LogP) is 3.24. The van der Waals surface area contributed by atoms with E-state index >= 15 is 0 Å². The highest BCUT2D eigenvalue weighted by Crippen LogP contribution is 2.23. The van der Waals surface area contributed by atoms with E-state index in [-0.39, 0.29) is 23.8 Å². The van der Waals surface area contributed by atoms with Crippen LogP contribution in [-0.4, -0.2) is 28.4 Å². The molecule has 1 aliphatic heterocycles. The molecule has 0 radical (unpaired) electrons. The topological polar surface area (TPSA) is 74.3 Å². The quantitative estimate of drug-likeness (QED) is 0.800. The van der Waals surface area contributed by atoms with Crippen molar-refractivity contribution < 1.29 is 18.4 Å². The van der Waals surface area contributed by atoms with Gasteiger partial charge in [-0.3, -0.25) is 4.79 Å². The number of anilines is 1. The van der Waals surface area contributed by atoms with Crippen molar-refractivity contribution in [3.63, 3.8) is 0 Å². The third kappa shape index (κ3) is 3.91. The summed E-state index contributed by atoms with van der Waals surface area (Å²) >= 11 is 5.85. The molecule has 0 bridgehead atoms. The maximum absolute atomic E-state index is 13.8. The number of nitrogens with zero attached hydrogens (tertiary/aromatic N) is 2. The lowest BCUT2D eigenvalue weighted by atomic mass is 10.1. The van der Waals surface area contributed by atoms with Crippen molar-refractivity contribution in [2.75, 3.05) is 11.9 Å². The summed E-state index contributed by atoms with van der Waals surface area (Å²) in [6.45, 7) is 1.45. The average molecular weight is 381 g/mol. The Labute approximate surface area is 153 Å². The molecule has 1 atom stereocenters. The number of fused-ring (bicyclic) bond motifs is 1. The van der Waals surface area contributed by atoms with Crippen LogP contribution in [-0.2, 0) is 11.3 Å². The summed E-state index contributed by atoms with van der Waals surface area (Å²) in [4.78, 5) is 29.7. The van der Waals surface area contributed by atoms with Gasteiger partial charge in [0, 0.05) is 11.6 Å². The highest BCUT2D eigenvalue weighted by Gasteiger charge is 2.26. The van der Waals surface area contributed by atoms with Crippen LogP contribution in [0.2, 0.25) is 5.15 Å².